The van der Waals surface area contributed by atoms with Crippen LogP contribution in [-0.4, -0.2) is 32.5 Å². The van der Waals surface area contributed by atoms with Crippen LogP contribution in [0.5, 0.6) is 0 Å². The fraction of sp³-hybridized carbons (Fsp3) is 1.00. The highest BCUT2D eigenvalue weighted by atomic mass is 32.2. The largest absolute Gasteiger partial charge is 0.316 e. The maximum atomic E-state index is 11.6. The van der Waals surface area contributed by atoms with E-state index in [0.717, 1.165) is 6.42 Å². The molecule has 0 amide bonds. The Kier molecular flexibility index (Phi) is 3.58. The maximum Gasteiger partial charge on any atom is 0.153 e. The molecule has 1 aliphatic heterocycles. The van der Waals surface area contributed by atoms with Crippen molar-refractivity contribution in [3.8, 4) is 0 Å². The van der Waals surface area contributed by atoms with Crippen LogP contribution in [0.1, 0.15) is 27.2 Å². The molecule has 1 aliphatic rings. The Hall–Kier alpha value is -0.0900. The Morgan fingerprint density at radius 1 is 1.36 bits per heavy atom. The maximum absolute atomic E-state index is 11.6. The van der Waals surface area contributed by atoms with Gasteiger partial charge in [0.2, 0.25) is 0 Å². The van der Waals surface area contributed by atoms with Crippen molar-refractivity contribution in [1.29, 1.82) is 0 Å². The van der Waals surface area contributed by atoms with E-state index >= 15 is 0 Å². The highest BCUT2D eigenvalue weighted by molar-refractivity contribution is 7.92. The van der Waals surface area contributed by atoms with Gasteiger partial charge in [0.05, 0.1) is 11.0 Å². The lowest BCUT2D eigenvalue weighted by Crippen LogP contribution is -2.41. The third kappa shape index (κ3) is 2.11. The molecule has 1 rings (SSSR count). The molecule has 0 aliphatic carbocycles. The van der Waals surface area contributed by atoms with E-state index in [2.05, 4.69) is 19.2 Å². The molecule has 0 spiro atoms. The average molecular weight is 219 g/mol. The van der Waals surface area contributed by atoms with Gasteiger partial charge in [0.1, 0.15) is 0 Å². The molecule has 1 N–H and O–H groups in total. The summed E-state index contributed by atoms with van der Waals surface area (Å²) in [6.45, 7) is 6.12. The molecule has 14 heavy (non-hydrogen) atoms. The fourth-order valence-corrected chi connectivity index (χ4v) is 4.31. The highest BCUT2D eigenvalue weighted by Gasteiger charge is 2.41. The van der Waals surface area contributed by atoms with Crippen molar-refractivity contribution in [3.63, 3.8) is 0 Å². The number of nitrogens with one attached hydrogen (secondary N) is 1. The minimum absolute atomic E-state index is 0.178. The van der Waals surface area contributed by atoms with Gasteiger partial charge in [-0.25, -0.2) is 8.42 Å². The molecule has 3 unspecified atom stereocenters. The van der Waals surface area contributed by atoms with Crippen LogP contribution in [0.2, 0.25) is 0 Å². The third-order valence-electron chi connectivity index (χ3n) is 3.42. The summed E-state index contributed by atoms with van der Waals surface area (Å²) in [4.78, 5) is 0. The SMILES string of the molecule is CNC(C(C)C)C1CCS(=O)(=O)C1C. The predicted molar refractivity (Wildman–Crippen MR) is 59.0 cm³/mol. The van der Waals surface area contributed by atoms with Crippen molar-refractivity contribution in [1.82, 2.24) is 5.32 Å². The molecule has 0 aromatic carbocycles. The standard InChI is InChI=1S/C10H21NO2S/c1-7(2)10(11-4)9-5-6-14(12,13)8(9)3/h7-11H,5-6H2,1-4H3. The van der Waals surface area contributed by atoms with Crippen LogP contribution in [0, 0.1) is 11.8 Å². The number of hydrogen-bond donors (Lipinski definition) is 1. The van der Waals surface area contributed by atoms with Crippen molar-refractivity contribution in [3.05, 3.63) is 0 Å². The van der Waals surface area contributed by atoms with Gasteiger partial charge >= 0.3 is 0 Å². The van der Waals surface area contributed by atoms with Gasteiger partial charge in [-0.15, -0.1) is 0 Å². The van der Waals surface area contributed by atoms with Gasteiger partial charge < -0.3 is 5.32 Å². The van der Waals surface area contributed by atoms with Gasteiger partial charge in [0, 0.05) is 6.04 Å². The first-order valence-electron chi connectivity index (χ1n) is 5.29. The number of sulfone groups is 1. The summed E-state index contributed by atoms with van der Waals surface area (Å²) in [5.74, 6) is 1.13. The molecule has 1 saturated heterocycles. The quantitative estimate of drug-likeness (QED) is 0.772. The van der Waals surface area contributed by atoms with Crippen LogP contribution in [0.15, 0.2) is 0 Å². The van der Waals surface area contributed by atoms with Crippen molar-refractivity contribution in [2.75, 3.05) is 12.8 Å². The Balaban J connectivity index is 2.80. The van der Waals surface area contributed by atoms with Gasteiger partial charge in [0.25, 0.3) is 0 Å². The van der Waals surface area contributed by atoms with E-state index in [-0.39, 0.29) is 11.2 Å². The zero-order valence-corrected chi connectivity index (χ0v) is 10.3. The van der Waals surface area contributed by atoms with Gasteiger partial charge in [-0.1, -0.05) is 13.8 Å². The van der Waals surface area contributed by atoms with E-state index in [4.69, 9.17) is 0 Å². The minimum atomic E-state index is -2.80. The normalized spacial score (nSPS) is 33.5. The summed E-state index contributed by atoms with van der Waals surface area (Å²) < 4.78 is 23.2. The predicted octanol–water partition coefficient (Wildman–Crippen LogP) is 1.05. The third-order valence-corrected chi connectivity index (χ3v) is 5.71. The number of rotatable bonds is 3. The second kappa shape index (κ2) is 4.19. The molecule has 4 heteroatoms. The Labute approximate surface area is 87.2 Å². The molecule has 0 aromatic rings. The molecule has 0 radical (unpaired) electrons. The van der Waals surface area contributed by atoms with Crippen LogP contribution in [0.4, 0.5) is 0 Å². The van der Waals surface area contributed by atoms with Gasteiger partial charge in [0.15, 0.2) is 9.84 Å². The topological polar surface area (TPSA) is 46.2 Å². The van der Waals surface area contributed by atoms with Crippen LogP contribution >= 0.6 is 0 Å². The first kappa shape index (κ1) is 12.0. The molecular weight excluding hydrogens is 198 g/mol. The summed E-state index contributed by atoms with van der Waals surface area (Å²) in [5, 5.41) is 3.07. The van der Waals surface area contributed by atoms with E-state index in [0.29, 0.717) is 17.7 Å². The molecule has 0 bridgehead atoms. The van der Waals surface area contributed by atoms with Crippen molar-refractivity contribution in [2.24, 2.45) is 11.8 Å². The lowest BCUT2D eigenvalue weighted by atomic mass is 9.87. The Morgan fingerprint density at radius 3 is 2.21 bits per heavy atom. The molecule has 1 heterocycles. The van der Waals surface area contributed by atoms with E-state index in [1.807, 2.05) is 14.0 Å². The lowest BCUT2D eigenvalue weighted by molar-refractivity contribution is 0.296. The second-order valence-corrected chi connectivity index (χ2v) is 7.06. The zero-order chi connectivity index (χ0) is 10.9. The molecule has 1 fully saturated rings. The first-order chi connectivity index (χ1) is 6.40. The monoisotopic (exact) mass is 219 g/mol. The van der Waals surface area contributed by atoms with E-state index in [1.54, 1.807) is 0 Å². The highest BCUT2D eigenvalue weighted by Crippen LogP contribution is 2.31. The summed E-state index contributed by atoms with van der Waals surface area (Å²) in [5.41, 5.74) is 0. The van der Waals surface area contributed by atoms with E-state index < -0.39 is 9.84 Å². The lowest BCUT2D eigenvalue weighted by Gasteiger charge is -2.28. The van der Waals surface area contributed by atoms with Crippen molar-refractivity contribution in [2.45, 2.75) is 38.5 Å². The first-order valence-corrected chi connectivity index (χ1v) is 7.00. The van der Waals surface area contributed by atoms with Gasteiger partial charge in [-0.3, -0.25) is 0 Å². The fourth-order valence-electron chi connectivity index (χ4n) is 2.50. The molecule has 3 atom stereocenters. The van der Waals surface area contributed by atoms with Crippen LogP contribution < -0.4 is 5.32 Å². The molecular formula is C10H21NO2S. The molecule has 3 nitrogen and oxygen atoms in total. The summed E-state index contributed by atoms with van der Waals surface area (Å²) in [7, 11) is -0.884. The molecule has 0 saturated carbocycles. The smallest absolute Gasteiger partial charge is 0.153 e. The van der Waals surface area contributed by atoms with Gasteiger partial charge in [-0.05, 0) is 32.2 Å². The number of hydrogen-bond acceptors (Lipinski definition) is 3. The Morgan fingerprint density at radius 2 is 1.93 bits per heavy atom. The summed E-state index contributed by atoms with van der Waals surface area (Å²) >= 11 is 0. The van der Waals surface area contributed by atoms with Gasteiger partial charge in [-0.2, -0.15) is 0 Å². The molecule has 0 aromatic heterocycles. The second-order valence-electron chi connectivity index (χ2n) is 4.58. The zero-order valence-electron chi connectivity index (χ0n) is 9.45. The summed E-state index contributed by atoms with van der Waals surface area (Å²) in [6.07, 6.45) is 0.813. The average Bonchev–Trinajstić information content (AvgIpc) is 2.32. The van der Waals surface area contributed by atoms with E-state index in [1.165, 1.54) is 0 Å². The van der Waals surface area contributed by atoms with Crippen LogP contribution in [0.25, 0.3) is 0 Å². The van der Waals surface area contributed by atoms with Crippen molar-refractivity contribution < 1.29 is 8.42 Å². The Bertz CT molecular complexity index is 284. The molecule has 84 valence electrons. The summed E-state index contributed by atoms with van der Waals surface area (Å²) in [6, 6.07) is 0.322. The van der Waals surface area contributed by atoms with Crippen LogP contribution in [0.3, 0.4) is 0 Å². The van der Waals surface area contributed by atoms with E-state index in [9.17, 15) is 8.42 Å². The van der Waals surface area contributed by atoms with Crippen LogP contribution in [-0.2, 0) is 9.84 Å². The van der Waals surface area contributed by atoms with Crippen molar-refractivity contribution >= 4 is 9.84 Å². The minimum Gasteiger partial charge on any atom is -0.316 e.